The van der Waals surface area contributed by atoms with E-state index < -0.39 is 0 Å². The van der Waals surface area contributed by atoms with Crippen LogP contribution in [-0.4, -0.2) is 57.4 Å². The van der Waals surface area contributed by atoms with Crippen molar-refractivity contribution < 1.29 is 9.53 Å². The highest BCUT2D eigenvalue weighted by atomic mass is 32.2. The number of aromatic nitrogens is 2. The highest BCUT2D eigenvalue weighted by Crippen LogP contribution is 2.34. The van der Waals surface area contributed by atoms with Crippen LogP contribution in [0.3, 0.4) is 0 Å². The van der Waals surface area contributed by atoms with Crippen molar-refractivity contribution in [3.8, 4) is 0 Å². The Kier molecular flexibility index (Phi) is 7.51. The minimum Gasteiger partial charge on any atom is -0.382 e. The van der Waals surface area contributed by atoms with Crippen LogP contribution in [0.4, 0.5) is 5.82 Å². The van der Waals surface area contributed by atoms with Gasteiger partial charge < -0.3 is 9.64 Å². The number of fused-ring (bicyclic) bond motifs is 1. The molecular formula is C24H30N4O3S2. The van der Waals surface area contributed by atoms with Gasteiger partial charge in [0, 0.05) is 39.0 Å². The summed E-state index contributed by atoms with van der Waals surface area (Å²) in [4.78, 5) is 35.8. The lowest BCUT2D eigenvalue weighted by molar-refractivity contribution is -0.122. The van der Waals surface area contributed by atoms with Crippen LogP contribution in [0.5, 0.6) is 0 Å². The molecule has 0 N–H and O–H groups in total. The number of hydrogen-bond acceptors (Lipinski definition) is 7. The number of thiocarbonyl (C=S) groups is 1. The van der Waals surface area contributed by atoms with E-state index in [2.05, 4.69) is 18.7 Å². The van der Waals surface area contributed by atoms with Crippen molar-refractivity contribution in [2.24, 2.45) is 11.8 Å². The fourth-order valence-electron chi connectivity index (χ4n) is 4.59. The van der Waals surface area contributed by atoms with E-state index in [-0.39, 0.29) is 11.5 Å². The zero-order valence-electron chi connectivity index (χ0n) is 19.3. The summed E-state index contributed by atoms with van der Waals surface area (Å²) in [7, 11) is 0. The number of hydrogen-bond donors (Lipinski definition) is 0. The summed E-state index contributed by atoms with van der Waals surface area (Å²) in [6.45, 7) is 9.79. The van der Waals surface area contributed by atoms with Crippen LogP contribution >= 0.6 is 24.0 Å². The molecule has 0 aromatic carbocycles. The molecule has 2 aromatic rings. The summed E-state index contributed by atoms with van der Waals surface area (Å²) in [5, 5.41) is 0. The lowest BCUT2D eigenvalue weighted by Crippen LogP contribution is -2.40. The van der Waals surface area contributed by atoms with Gasteiger partial charge in [0.15, 0.2) is 0 Å². The smallest absolute Gasteiger partial charge is 0.267 e. The maximum atomic E-state index is 13.5. The van der Waals surface area contributed by atoms with Crippen LogP contribution in [-0.2, 0) is 9.53 Å². The lowest BCUT2D eigenvalue weighted by atomic mass is 9.91. The Bertz CT molecular complexity index is 1140. The van der Waals surface area contributed by atoms with E-state index in [9.17, 15) is 9.59 Å². The second kappa shape index (κ2) is 10.4. The number of nitrogens with zero attached hydrogens (tertiary/aromatic N) is 4. The molecule has 9 heteroatoms. The first kappa shape index (κ1) is 23.9. The summed E-state index contributed by atoms with van der Waals surface area (Å²) in [6.07, 6.45) is 5.27. The highest BCUT2D eigenvalue weighted by Gasteiger charge is 2.33. The van der Waals surface area contributed by atoms with E-state index in [4.69, 9.17) is 21.9 Å². The molecule has 2 fully saturated rings. The molecule has 0 aliphatic carbocycles. The van der Waals surface area contributed by atoms with Crippen molar-refractivity contribution in [3.05, 3.63) is 45.2 Å². The van der Waals surface area contributed by atoms with Crippen molar-refractivity contribution in [2.75, 3.05) is 37.7 Å². The average Bonchev–Trinajstić information content (AvgIpc) is 3.05. The van der Waals surface area contributed by atoms with Crippen LogP contribution in [0.2, 0.25) is 0 Å². The molecule has 2 aromatic heterocycles. The third kappa shape index (κ3) is 5.15. The van der Waals surface area contributed by atoms with Gasteiger partial charge in [-0.2, -0.15) is 0 Å². The lowest BCUT2D eigenvalue weighted by Gasteiger charge is -2.36. The molecule has 1 amide bonds. The molecule has 176 valence electrons. The molecule has 0 bridgehead atoms. The molecule has 2 aliphatic heterocycles. The Morgan fingerprint density at radius 2 is 2.00 bits per heavy atom. The monoisotopic (exact) mass is 486 g/mol. The predicted octanol–water partition coefficient (Wildman–Crippen LogP) is 3.80. The Balaban J connectivity index is 1.73. The fraction of sp³-hybridized carbons (Fsp3) is 0.500. The molecule has 0 saturated carbocycles. The van der Waals surface area contributed by atoms with Gasteiger partial charge in [-0.05, 0) is 49.8 Å². The van der Waals surface area contributed by atoms with E-state index in [0.717, 1.165) is 19.5 Å². The Hall–Kier alpha value is -2.23. The summed E-state index contributed by atoms with van der Waals surface area (Å²) >= 11 is 6.71. The Labute approximate surface area is 203 Å². The van der Waals surface area contributed by atoms with E-state index in [0.29, 0.717) is 64.3 Å². The molecule has 2 aliphatic rings. The number of carbonyl (C=O) groups is 1. The number of piperidine rings is 1. The summed E-state index contributed by atoms with van der Waals surface area (Å²) in [5.41, 5.74) is 0.863. The second-order valence-corrected chi connectivity index (χ2v) is 10.5. The minimum absolute atomic E-state index is 0.162. The number of carbonyl (C=O) groups excluding carboxylic acids is 1. The van der Waals surface area contributed by atoms with Gasteiger partial charge in [-0.15, -0.1) is 0 Å². The van der Waals surface area contributed by atoms with Crippen LogP contribution < -0.4 is 10.5 Å². The van der Waals surface area contributed by atoms with Crippen LogP contribution in [0.1, 0.15) is 39.2 Å². The van der Waals surface area contributed by atoms with Gasteiger partial charge in [0.25, 0.3) is 11.5 Å². The van der Waals surface area contributed by atoms with Crippen molar-refractivity contribution in [3.63, 3.8) is 0 Å². The van der Waals surface area contributed by atoms with Gasteiger partial charge >= 0.3 is 0 Å². The molecule has 33 heavy (non-hydrogen) atoms. The first-order valence-electron chi connectivity index (χ1n) is 11.5. The molecule has 4 rings (SSSR count). The number of ether oxygens (including phenoxy) is 1. The SMILES string of the molecule is CCOCCCN1C(=O)/C(=C/c2c(N3C[C@H](C)C[C@@H](C)C3)nc3ccccn3c2=O)SC1=S. The highest BCUT2D eigenvalue weighted by molar-refractivity contribution is 8.26. The molecule has 2 saturated heterocycles. The largest absolute Gasteiger partial charge is 0.382 e. The van der Waals surface area contributed by atoms with Crippen LogP contribution in [0.15, 0.2) is 34.1 Å². The number of pyridine rings is 1. The first-order valence-corrected chi connectivity index (χ1v) is 12.7. The van der Waals surface area contributed by atoms with E-state index in [1.54, 1.807) is 17.2 Å². The molecule has 7 nitrogen and oxygen atoms in total. The van der Waals surface area contributed by atoms with Crippen molar-refractivity contribution in [1.82, 2.24) is 14.3 Å². The van der Waals surface area contributed by atoms with Crippen molar-refractivity contribution >= 4 is 51.7 Å². The third-order valence-corrected chi connectivity index (χ3v) is 7.32. The Morgan fingerprint density at radius 1 is 1.24 bits per heavy atom. The third-order valence-electron chi connectivity index (χ3n) is 5.94. The topological polar surface area (TPSA) is 67.2 Å². The van der Waals surface area contributed by atoms with Gasteiger partial charge in [-0.1, -0.05) is 43.9 Å². The number of rotatable bonds is 7. The summed E-state index contributed by atoms with van der Waals surface area (Å²) in [5.74, 6) is 1.49. The van der Waals surface area contributed by atoms with E-state index in [1.165, 1.54) is 16.2 Å². The molecule has 2 atom stereocenters. The standard InChI is InChI=1S/C24H30N4O3S2/c1-4-31-11-7-10-28-23(30)19(33-24(28)32)13-18-21(26-14-16(2)12-17(3)15-26)25-20-8-5-6-9-27(20)22(18)29/h5-6,8-9,13,16-17H,4,7,10-12,14-15H2,1-3H3/b19-13-/t16-,17-/m1/s1. The van der Waals surface area contributed by atoms with Gasteiger partial charge in [-0.3, -0.25) is 18.9 Å². The van der Waals surface area contributed by atoms with Crippen molar-refractivity contribution in [2.45, 2.75) is 33.6 Å². The molecule has 0 unspecified atom stereocenters. The minimum atomic E-state index is -0.178. The zero-order valence-corrected chi connectivity index (χ0v) is 21.0. The predicted molar refractivity (Wildman–Crippen MR) is 138 cm³/mol. The number of amides is 1. The van der Waals surface area contributed by atoms with Crippen molar-refractivity contribution in [1.29, 1.82) is 0 Å². The second-order valence-electron chi connectivity index (χ2n) is 8.82. The molecule has 0 spiro atoms. The zero-order chi connectivity index (χ0) is 23.5. The average molecular weight is 487 g/mol. The first-order chi connectivity index (χ1) is 15.9. The van der Waals surface area contributed by atoms with Gasteiger partial charge in [0.1, 0.15) is 15.8 Å². The molecular weight excluding hydrogens is 456 g/mol. The Morgan fingerprint density at radius 3 is 2.73 bits per heavy atom. The maximum absolute atomic E-state index is 13.5. The van der Waals surface area contributed by atoms with E-state index >= 15 is 0 Å². The van der Waals surface area contributed by atoms with Crippen LogP contribution in [0.25, 0.3) is 11.7 Å². The van der Waals surface area contributed by atoms with Gasteiger partial charge in [0.05, 0.1) is 10.5 Å². The van der Waals surface area contributed by atoms with Gasteiger partial charge in [0.2, 0.25) is 0 Å². The number of anilines is 1. The maximum Gasteiger partial charge on any atom is 0.267 e. The normalized spacial score (nSPS) is 22.7. The van der Waals surface area contributed by atoms with E-state index in [1.807, 2.05) is 25.1 Å². The molecule has 0 radical (unpaired) electrons. The molecule has 4 heterocycles. The summed E-state index contributed by atoms with van der Waals surface area (Å²) in [6, 6.07) is 5.52. The number of thioether (sulfide) groups is 1. The fourth-order valence-corrected chi connectivity index (χ4v) is 5.88. The quantitative estimate of drug-likeness (QED) is 0.335. The van der Waals surface area contributed by atoms with Crippen LogP contribution in [0, 0.1) is 11.8 Å². The summed E-state index contributed by atoms with van der Waals surface area (Å²) < 4.78 is 7.43. The van der Waals surface area contributed by atoms with Gasteiger partial charge in [-0.25, -0.2) is 4.98 Å².